The molecule has 0 bridgehead atoms. The summed E-state index contributed by atoms with van der Waals surface area (Å²) >= 11 is 3.11. The van der Waals surface area contributed by atoms with Crippen molar-refractivity contribution in [2.75, 3.05) is 13.9 Å². The quantitative estimate of drug-likeness (QED) is 0.618. The van der Waals surface area contributed by atoms with Gasteiger partial charge < -0.3 is 9.47 Å². The van der Waals surface area contributed by atoms with Crippen molar-refractivity contribution < 1.29 is 18.7 Å². The van der Waals surface area contributed by atoms with E-state index in [1.807, 2.05) is 0 Å². The Kier molecular flexibility index (Phi) is 4.03. The Labute approximate surface area is 88.9 Å². The van der Waals surface area contributed by atoms with E-state index in [2.05, 4.69) is 20.7 Å². The van der Waals surface area contributed by atoms with Crippen LogP contribution in [0, 0.1) is 5.82 Å². The summed E-state index contributed by atoms with van der Waals surface area (Å²) in [6, 6.07) is 2.49. The first-order valence-electron chi connectivity index (χ1n) is 3.75. The number of hydrogen-bond donors (Lipinski definition) is 0. The van der Waals surface area contributed by atoms with E-state index in [0.29, 0.717) is 10.8 Å². The third kappa shape index (κ3) is 2.52. The molecule has 0 unspecified atom stereocenters. The minimum absolute atomic E-state index is 0.0379. The van der Waals surface area contributed by atoms with E-state index in [1.54, 1.807) is 0 Å². The van der Waals surface area contributed by atoms with Crippen LogP contribution in [0.5, 0.6) is 5.75 Å². The number of halogens is 2. The van der Waals surface area contributed by atoms with Gasteiger partial charge in [0.1, 0.15) is 0 Å². The lowest BCUT2D eigenvalue weighted by molar-refractivity contribution is 0.0482. The molecule has 0 saturated carbocycles. The van der Waals surface area contributed by atoms with Crippen LogP contribution in [0.2, 0.25) is 0 Å². The topological polar surface area (TPSA) is 35.5 Å². The number of carbonyl (C=O) groups is 1. The van der Waals surface area contributed by atoms with Crippen LogP contribution in [0.4, 0.5) is 4.39 Å². The highest BCUT2D eigenvalue weighted by atomic mass is 79.9. The molecule has 5 heteroatoms. The van der Waals surface area contributed by atoms with Crippen LogP contribution in [-0.4, -0.2) is 20.2 Å². The molecule has 0 saturated heterocycles. The van der Waals surface area contributed by atoms with Gasteiger partial charge in [0.15, 0.2) is 24.6 Å². The molecule has 0 spiro atoms. The normalized spacial score (nSPS) is 9.93. The van der Waals surface area contributed by atoms with E-state index in [0.717, 1.165) is 6.07 Å². The zero-order valence-corrected chi connectivity index (χ0v) is 9.01. The van der Waals surface area contributed by atoms with Gasteiger partial charge in [-0.2, -0.15) is 0 Å². The first-order chi connectivity index (χ1) is 6.69. The number of carbonyl (C=O) groups excluding carboxylic acids is 1. The summed E-state index contributed by atoms with van der Waals surface area (Å²) in [7, 11) is 1.44. The predicted octanol–water partition coefficient (Wildman–Crippen LogP) is 2.38. The minimum Gasteiger partial charge on any atom is -0.464 e. The maximum Gasteiger partial charge on any atom is 0.188 e. The maximum absolute atomic E-state index is 13.2. The number of aldehydes is 1. The molecule has 1 aromatic rings. The Balaban J connectivity index is 2.96. The molecule has 14 heavy (non-hydrogen) atoms. The second-order valence-electron chi connectivity index (χ2n) is 2.47. The second kappa shape index (κ2) is 5.07. The Morgan fingerprint density at radius 1 is 1.57 bits per heavy atom. The van der Waals surface area contributed by atoms with E-state index >= 15 is 0 Å². The molecule has 0 fully saturated rings. The molecular weight excluding hydrogens is 255 g/mol. The van der Waals surface area contributed by atoms with Crippen LogP contribution < -0.4 is 4.74 Å². The van der Waals surface area contributed by atoms with E-state index in [-0.39, 0.29) is 18.1 Å². The van der Waals surface area contributed by atoms with Gasteiger partial charge in [0.2, 0.25) is 0 Å². The predicted molar refractivity (Wildman–Crippen MR) is 52.0 cm³/mol. The highest BCUT2D eigenvalue weighted by molar-refractivity contribution is 9.10. The lowest BCUT2D eigenvalue weighted by Crippen LogP contribution is -2.01. The molecule has 0 radical (unpaired) electrons. The Hall–Kier alpha value is -0.940. The summed E-state index contributed by atoms with van der Waals surface area (Å²) in [5.41, 5.74) is 0.243. The molecule has 0 amide bonds. The van der Waals surface area contributed by atoms with Crippen molar-refractivity contribution in [1.29, 1.82) is 0 Å². The van der Waals surface area contributed by atoms with Crippen molar-refractivity contribution in [1.82, 2.24) is 0 Å². The van der Waals surface area contributed by atoms with Gasteiger partial charge >= 0.3 is 0 Å². The van der Waals surface area contributed by atoms with Gasteiger partial charge in [-0.05, 0) is 28.1 Å². The average Bonchev–Trinajstić information content (AvgIpc) is 2.18. The van der Waals surface area contributed by atoms with E-state index in [9.17, 15) is 9.18 Å². The van der Waals surface area contributed by atoms with Crippen LogP contribution in [0.1, 0.15) is 10.4 Å². The van der Waals surface area contributed by atoms with Gasteiger partial charge in [-0.1, -0.05) is 0 Å². The van der Waals surface area contributed by atoms with Gasteiger partial charge in [0, 0.05) is 17.1 Å². The molecule has 0 aromatic heterocycles. The molecule has 0 heterocycles. The molecule has 76 valence electrons. The van der Waals surface area contributed by atoms with Crippen molar-refractivity contribution >= 4 is 22.2 Å². The molecule has 0 aliphatic heterocycles. The summed E-state index contributed by atoms with van der Waals surface area (Å²) in [5, 5.41) is 0. The standard InChI is InChI=1S/C9H8BrFO3/c1-13-5-14-9-3-7(10)6(4-12)2-8(9)11/h2-4H,5H2,1H3. The molecule has 0 atom stereocenters. The van der Waals surface area contributed by atoms with Crippen molar-refractivity contribution in [2.24, 2.45) is 0 Å². The van der Waals surface area contributed by atoms with Crippen LogP contribution in [0.3, 0.4) is 0 Å². The lowest BCUT2D eigenvalue weighted by Gasteiger charge is -2.07. The highest BCUT2D eigenvalue weighted by Crippen LogP contribution is 2.25. The van der Waals surface area contributed by atoms with Gasteiger partial charge in [-0.25, -0.2) is 4.39 Å². The minimum atomic E-state index is -0.590. The molecule has 0 N–H and O–H groups in total. The fourth-order valence-corrected chi connectivity index (χ4v) is 1.28. The van der Waals surface area contributed by atoms with Crippen LogP contribution >= 0.6 is 15.9 Å². The molecule has 0 aliphatic rings. The second-order valence-corrected chi connectivity index (χ2v) is 3.33. The van der Waals surface area contributed by atoms with Crippen LogP contribution in [0.25, 0.3) is 0 Å². The van der Waals surface area contributed by atoms with Gasteiger partial charge in [-0.3, -0.25) is 4.79 Å². The third-order valence-corrected chi connectivity index (χ3v) is 2.20. The summed E-state index contributed by atoms with van der Waals surface area (Å²) < 4.78 is 23.2. The first kappa shape index (κ1) is 11.1. The Morgan fingerprint density at radius 3 is 2.86 bits per heavy atom. The van der Waals surface area contributed by atoms with Gasteiger partial charge in [0.05, 0.1) is 0 Å². The van der Waals surface area contributed by atoms with E-state index in [4.69, 9.17) is 4.74 Å². The highest BCUT2D eigenvalue weighted by Gasteiger charge is 2.08. The Morgan fingerprint density at radius 2 is 2.29 bits per heavy atom. The molecule has 3 nitrogen and oxygen atoms in total. The molecule has 1 aromatic carbocycles. The lowest BCUT2D eigenvalue weighted by atomic mass is 10.2. The van der Waals surface area contributed by atoms with Crippen molar-refractivity contribution in [3.8, 4) is 5.75 Å². The third-order valence-electron chi connectivity index (χ3n) is 1.51. The van der Waals surface area contributed by atoms with Crippen LogP contribution in [0.15, 0.2) is 16.6 Å². The SMILES string of the molecule is COCOc1cc(Br)c(C=O)cc1F. The van der Waals surface area contributed by atoms with Crippen molar-refractivity contribution in [3.63, 3.8) is 0 Å². The van der Waals surface area contributed by atoms with E-state index in [1.165, 1.54) is 13.2 Å². The number of rotatable bonds is 4. The molecular formula is C9H8BrFO3. The van der Waals surface area contributed by atoms with Crippen molar-refractivity contribution in [3.05, 3.63) is 28.0 Å². The fourth-order valence-electron chi connectivity index (χ4n) is 0.867. The number of ether oxygens (including phenoxy) is 2. The summed E-state index contributed by atoms with van der Waals surface area (Å²) in [6.07, 6.45) is 0.563. The summed E-state index contributed by atoms with van der Waals surface area (Å²) in [5.74, 6) is -0.545. The molecule has 0 aliphatic carbocycles. The summed E-state index contributed by atoms with van der Waals surface area (Å²) in [6.45, 7) is -0.0379. The average molecular weight is 263 g/mol. The molecule has 1 rings (SSSR count). The summed E-state index contributed by atoms with van der Waals surface area (Å²) in [4.78, 5) is 10.4. The van der Waals surface area contributed by atoms with E-state index < -0.39 is 5.82 Å². The number of hydrogen-bond acceptors (Lipinski definition) is 3. The van der Waals surface area contributed by atoms with Crippen molar-refractivity contribution in [2.45, 2.75) is 0 Å². The smallest absolute Gasteiger partial charge is 0.188 e. The van der Waals surface area contributed by atoms with Crippen LogP contribution in [-0.2, 0) is 4.74 Å². The van der Waals surface area contributed by atoms with Gasteiger partial charge in [-0.15, -0.1) is 0 Å². The first-order valence-corrected chi connectivity index (χ1v) is 4.54. The monoisotopic (exact) mass is 262 g/mol. The Bertz CT molecular complexity index is 341. The number of methoxy groups -OCH3 is 1. The maximum atomic E-state index is 13.2. The largest absolute Gasteiger partial charge is 0.464 e. The number of benzene rings is 1. The fraction of sp³-hybridized carbons (Fsp3) is 0.222. The zero-order valence-electron chi connectivity index (χ0n) is 7.42. The zero-order chi connectivity index (χ0) is 10.6. The van der Waals surface area contributed by atoms with Gasteiger partial charge in [0.25, 0.3) is 0 Å².